The Balaban J connectivity index is 1.97. The van der Waals surface area contributed by atoms with E-state index in [2.05, 4.69) is 21.2 Å². The van der Waals surface area contributed by atoms with Crippen LogP contribution in [0.3, 0.4) is 0 Å². The zero-order valence-electron chi connectivity index (χ0n) is 13.9. The molecule has 0 radical (unpaired) electrons. The Hall–Kier alpha value is -2.84. The predicted octanol–water partition coefficient (Wildman–Crippen LogP) is 2.99. The monoisotopic (exact) mass is 420 g/mol. The van der Waals surface area contributed by atoms with Crippen LogP contribution in [0.4, 0.5) is 5.69 Å². The third-order valence-electron chi connectivity index (χ3n) is 3.21. The van der Waals surface area contributed by atoms with E-state index in [1.54, 1.807) is 30.3 Å². The van der Waals surface area contributed by atoms with Crippen molar-refractivity contribution in [2.75, 3.05) is 19.0 Å². The molecule has 0 saturated heterocycles. The van der Waals surface area contributed by atoms with Crippen molar-refractivity contribution in [3.8, 4) is 11.5 Å². The quantitative estimate of drug-likeness (QED) is 0.363. The van der Waals surface area contributed by atoms with E-state index in [1.165, 1.54) is 24.7 Å². The van der Waals surface area contributed by atoms with E-state index in [0.29, 0.717) is 22.7 Å². The molecule has 0 saturated carbocycles. The molecule has 0 aliphatic rings. The van der Waals surface area contributed by atoms with Crippen LogP contribution >= 0.6 is 15.9 Å². The number of carbonyl (C=O) groups excluding carboxylic acids is 2. The fourth-order valence-electron chi connectivity index (χ4n) is 1.99. The fourth-order valence-corrected chi connectivity index (χ4v) is 2.25. The van der Waals surface area contributed by atoms with Gasteiger partial charge in [-0.25, -0.2) is 5.48 Å². The van der Waals surface area contributed by atoms with Gasteiger partial charge in [-0.3, -0.25) is 14.8 Å². The molecule has 0 unspecified atom stereocenters. The highest BCUT2D eigenvalue weighted by molar-refractivity contribution is 9.10. The summed E-state index contributed by atoms with van der Waals surface area (Å²) in [5.41, 5.74) is 2.83. The maximum absolute atomic E-state index is 12.0. The second-order valence-corrected chi connectivity index (χ2v) is 5.98. The highest BCUT2D eigenvalue weighted by Gasteiger charge is 2.09. The average Bonchev–Trinajstić information content (AvgIpc) is 2.66. The SMILES string of the molecule is COc1cc(/C=C/C(=O)NO)ccc1OCC(=O)Nc1ccc(Br)cc1. The van der Waals surface area contributed by atoms with Gasteiger partial charge in [0.2, 0.25) is 0 Å². The van der Waals surface area contributed by atoms with Gasteiger partial charge in [-0.15, -0.1) is 0 Å². The van der Waals surface area contributed by atoms with Gasteiger partial charge in [-0.05, 0) is 48.0 Å². The van der Waals surface area contributed by atoms with Gasteiger partial charge in [0, 0.05) is 16.2 Å². The first-order valence-electron chi connectivity index (χ1n) is 7.50. The first-order valence-corrected chi connectivity index (χ1v) is 8.29. The van der Waals surface area contributed by atoms with Crippen LogP contribution in [0.5, 0.6) is 11.5 Å². The first-order chi connectivity index (χ1) is 12.5. The van der Waals surface area contributed by atoms with E-state index in [0.717, 1.165) is 4.47 Å². The van der Waals surface area contributed by atoms with Crippen LogP contribution in [0.15, 0.2) is 53.0 Å². The van der Waals surface area contributed by atoms with Crippen molar-refractivity contribution in [3.05, 3.63) is 58.6 Å². The van der Waals surface area contributed by atoms with Crippen molar-refractivity contribution in [2.24, 2.45) is 0 Å². The summed E-state index contributed by atoms with van der Waals surface area (Å²) in [6.07, 6.45) is 2.67. The van der Waals surface area contributed by atoms with Crippen LogP contribution in [0, 0.1) is 0 Å². The van der Waals surface area contributed by atoms with Gasteiger partial charge in [0.05, 0.1) is 7.11 Å². The molecule has 0 aliphatic heterocycles. The molecule has 2 aromatic carbocycles. The molecular formula is C18H17BrN2O5. The molecule has 8 heteroatoms. The Morgan fingerprint density at radius 3 is 2.54 bits per heavy atom. The summed E-state index contributed by atoms with van der Waals surface area (Å²) in [6.45, 7) is -0.186. The maximum Gasteiger partial charge on any atom is 0.267 e. The fraction of sp³-hybridized carbons (Fsp3) is 0.111. The second kappa shape index (κ2) is 9.59. The summed E-state index contributed by atoms with van der Waals surface area (Å²) >= 11 is 3.33. The Bertz CT molecular complexity index is 806. The molecule has 0 aromatic heterocycles. The summed E-state index contributed by atoms with van der Waals surface area (Å²) in [7, 11) is 1.47. The van der Waals surface area contributed by atoms with Crippen LogP contribution in [-0.2, 0) is 9.59 Å². The molecule has 2 rings (SSSR count). The number of methoxy groups -OCH3 is 1. The zero-order valence-corrected chi connectivity index (χ0v) is 15.4. The summed E-state index contributed by atoms with van der Waals surface area (Å²) in [4.78, 5) is 23.0. The average molecular weight is 421 g/mol. The van der Waals surface area contributed by atoms with Crippen LogP contribution in [0.2, 0.25) is 0 Å². The number of hydrogen-bond acceptors (Lipinski definition) is 5. The van der Waals surface area contributed by atoms with Crippen LogP contribution in [-0.4, -0.2) is 30.7 Å². The van der Waals surface area contributed by atoms with Crippen molar-refractivity contribution >= 4 is 39.5 Å². The molecular weight excluding hydrogens is 404 g/mol. The molecule has 7 nitrogen and oxygen atoms in total. The Labute approximate surface area is 158 Å². The van der Waals surface area contributed by atoms with Gasteiger partial charge in [0.25, 0.3) is 11.8 Å². The minimum absolute atomic E-state index is 0.186. The Morgan fingerprint density at radius 2 is 1.88 bits per heavy atom. The standard InChI is InChI=1S/C18H17BrN2O5/c1-25-16-10-12(3-9-17(22)21-24)2-8-15(16)26-11-18(23)20-14-6-4-13(19)5-7-14/h2-10,24H,11H2,1H3,(H,20,23)(H,21,22)/b9-3+. The summed E-state index contributed by atoms with van der Waals surface area (Å²) in [6, 6.07) is 12.1. The molecule has 2 aromatic rings. The molecule has 3 N–H and O–H groups in total. The highest BCUT2D eigenvalue weighted by Crippen LogP contribution is 2.28. The lowest BCUT2D eigenvalue weighted by Crippen LogP contribution is -2.20. The van der Waals surface area contributed by atoms with Crippen molar-refractivity contribution in [1.29, 1.82) is 0 Å². The third kappa shape index (κ3) is 5.91. The van der Waals surface area contributed by atoms with E-state index in [-0.39, 0.29) is 12.5 Å². The number of hydroxylamine groups is 1. The van der Waals surface area contributed by atoms with E-state index in [1.807, 2.05) is 12.1 Å². The lowest BCUT2D eigenvalue weighted by molar-refractivity contribution is -0.124. The van der Waals surface area contributed by atoms with Crippen molar-refractivity contribution in [1.82, 2.24) is 5.48 Å². The van der Waals surface area contributed by atoms with E-state index in [9.17, 15) is 9.59 Å². The zero-order chi connectivity index (χ0) is 18.9. The molecule has 0 fully saturated rings. The summed E-state index contributed by atoms with van der Waals surface area (Å²) in [5.74, 6) is -0.151. The number of benzene rings is 2. The van der Waals surface area contributed by atoms with Crippen LogP contribution in [0.1, 0.15) is 5.56 Å². The maximum atomic E-state index is 12.0. The topological polar surface area (TPSA) is 96.9 Å². The molecule has 0 spiro atoms. The first kappa shape index (κ1) is 19.5. The number of rotatable bonds is 7. The molecule has 0 atom stereocenters. The van der Waals surface area contributed by atoms with Crippen LogP contribution in [0.25, 0.3) is 6.08 Å². The van der Waals surface area contributed by atoms with Gasteiger partial charge >= 0.3 is 0 Å². The highest BCUT2D eigenvalue weighted by atomic mass is 79.9. The third-order valence-corrected chi connectivity index (χ3v) is 3.74. The van der Waals surface area contributed by atoms with Crippen LogP contribution < -0.4 is 20.3 Å². The van der Waals surface area contributed by atoms with Crippen molar-refractivity contribution in [2.45, 2.75) is 0 Å². The van der Waals surface area contributed by atoms with E-state index in [4.69, 9.17) is 14.7 Å². The van der Waals surface area contributed by atoms with Crippen molar-refractivity contribution in [3.63, 3.8) is 0 Å². The number of carbonyl (C=O) groups is 2. The Morgan fingerprint density at radius 1 is 1.15 bits per heavy atom. The van der Waals surface area contributed by atoms with E-state index < -0.39 is 5.91 Å². The Kier molecular flexibility index (Phi) is 7.19. The lowest BCUT2D eigenvalue weighted by atomic mass is 10.2. The predicted molar refractivity (Wildman–Crippen MR) is 100 cm³/mol. The number of halogens is 1. The molecule has 0 aliphatic carbocycles. The second-order valence-electron chi connectivity index (χ2n) is 5.06. The summed E-state index contributed by atoms with van der Waals surface area (Å²) in [5, 5.41) is 11.2. The van der Waals surface area contributed by atoms with Gasteiger partial charge in [-0.2, -0.15) is 0 Å². The number of amides is 2. The van der Waals surface area contributed by atoms with E-state index >= 15 is 0 Å². The summed E-state index contributed by atoms with van der Waals surface area (Å²) < 4.78 is 11.7. The lowest BCUT2D eigenvalue weighted by Gasteiger charge is -2.11. The van der Waals surface area contributed by atoms with Gasteiger partial charge in [0.15, 0.2) is 18.1 Å². The number of anilines is 1. The normalized spacial score (nSPS) is 10.4. The number of ether oxygens (including phenoxy) is 2. The molecule has 0 heterocycles. The van der Waals surface area contributed by atoms with Crippen molar-refractivity contribution < 1.29 is 24.3 Å². The van der Waals surface area contributed by atoms with Gasteiger partial charge in [-0.1, -0.05) is 22.0 Å². The molecule has 0 bridgehead atoms. The minimum atomic E-state index is -0.645. The molecule has 2 amide bonds. The van der Waals surface area contributed by atoms with Gasteiger partial charge in [0.1, 0.15) is 0 Å². The van der Waals surface area contributed by atoms with Gasteiger partial charge < -0.3 is 14.8 Å². The molecule has 26 heavy (non-hydrogen) atoms. The largest absolute Gasteiger partial charge is 0.493 e. The molecule has 136 valence electrons. The minimum Gasteiger partial charge on any atom is -0.493 e. The number of hydrogen-bond donors (Lipinski definition) is 3. The number of nitrogens with one attached hydrogen (secondary N) is 2. The smallest absolute Gasteiger partial charge is 0.267 e.